The minimum atomic E-state index is -0.851. The van der Waals surface area contributed by atoms with E-state index < -0.39 is 12.2 Å². The molecule has 2 nitrogen and oxygen atoms in total. The molecule has 1 aliphatic carbocycles. The normalized spacial score (nSPS) is 20.5. The number of fused-ring (bicyclic) bond motifs is 5. The van der Waals surface area contributed by atoms with E-state index in [1.54, 1.807) is 6.08 Å². The zero-order chi connectivity index (χ0) is 15.4. The summed E-state index contributed by atoms with van der Waals surface area (Å²) in [4.78, 5) is 0. The van der Waals surface area contributed by atoms with E-state index in [1.165, 1.54) is 32.7 Å². The van der Waals surface area contributed by atoms with Gasteiger partial charge < -0.3 is 10.2 Å². The highest BCUT2D eigenvalue weighted by Gasteiger charge is 2.24. The first kappa shape index (κ1) is 13.5. The molecule has 3 aromatic carbocycles. The van der Waals surface area contributed by atoms with E-state index in [4.69, 9.17) is 0 Å². The zero-order valence-corrected chi connectivity index (χ0v) is 12.7. The average Bonchev–Trinajstić information content (AvgIpc) is 2.55. The third kappa shape index (κ3) is 1.68. The monoisotopic (exact) mass is 290 g/mol. The molecule has 0 spiro atoms. The van der Waals surface area contributed by atoms with E-state index in [9.17, 15) is 10.2 Å². The molecule has 2 heteroatoms. The fourth-order valence-corrected chi connectivity index (χ4v) is 3.62. The van der Waals surface area contributed by atoms with Crippen LogP contribution < -0.4 is 0 Å². The van der Waals surface area contributed by atoms with Crippen LogP contribution in [0.5, 0.6) is 0 Å². The number of aryl methyl sites for hydroxylation is 2. The molecule has 0 aliphatic heterocycles. The molecule has 0 saturated carbocycles. The highest BCUT2D eigenvalue weighted by Crippen LogP contribution is 2.39. The van der Waals surface area contributed by atoms with Crippen LogP contribution in [0.1, 0.15) is 28.4 Å². The van der Waals surface area contributed by atoms with Crippen molar-refractivity contribution in [3.63, 3.8) is 0 Å². The summed E-state index contributed by atoms with van der Waals surface area (Å²) in [6, 6.07) is 12.4. The van der Waals surface area contributed by atoms with Gasteiger partial charge in [0, 0.05) is 0 Å². The largest absolute Gasteiger partial charge is 0.386 e. The highest BCUT2D eigenvalue weighted by molar-refractivity contribution is 6.13. The van der Waals surface area contributed by atoms with Crippen molar-refractivity contribution in [1.82, 2.24) is 0 Å². The van der Waals surface area contributed by atoms with Crippen LogP contribution in [0.4, 0.5) is 0 Å². The van der Waals surface area contributed by atoms with Gasteiger partial charge in [-0.2, -0.15) is 0 Å². The summed E-state index contributed by atoms with van der Waals surface area (Å²) >= 11 is 0. The number of hydrogen-bond acceptors (Lipinski definition) is 2. The quantitative estimate of drug-likeness (QED) is 0.614. The molecule has 0 heterocycles. The Morgan fingerprint density at radius 3 is 2.32 bits per heavy atom. The van der Waals surface area contributed by atoms with E-state index >= 15 is 0 Å². The number of benzene rings is 3. The lowest BCUT2D eigenvalue weighted by molar-refractivity contribution is 0.0471. The Balaban J connectivity index is 2.22. The molecule has 110 valence electrons. The second-order valence-electron chi connectivity index (χ2n) is 6.08. The Hall–Kier alpha value is -2.16. The molecule has 0 fully saturated rings. The first-order chi connectivity index (χ1) is 10.6. The minimum absolute atomic E-state index is 0.806. The van der Waals surface area contributed by atoms with Gasteiger partial charge in [0.05, 0.1) is 0 Å². The van der Waals surface area contributed by atoms with E-state index in [-0.39, 0.29) is 0 Å². The van der Waals surface area contributed by atoms with Crippen molar-refractivity contribution in [2.24, 2.45) is 0 Å². The molecule has 0 radical (unpaired) electrons. The fraction of sp³-hybridized carbons (Fsp3) is 0.200. The Morgan fingerprint density at radius 1 is 0.818 bits per heavy atom. The summed E-state index contributed by atoms with van der Waals surface area (Å²) in [5, 5.41) is 25.0. The maximum Gasteiger partial charge on any atom is 0.109 e. The third-order valence-corrected chi connectivity index (χ3v) is 4.94. The number of hydrogen-bond donors (Lipinski definition) is 2. The maximum absolute atomic E-state index is 10.3. The first-order valence-electron chi connectivity index (χ1n) is 7.58. The number of aliphatic hydroxyl groups is 2. The van der Waals surface area contributed by atoms with Crippen LogP contribution in [0.3, 0.4) is 0 Å². The minimum Gasteiger partial charge on any atom is -0.386 e. The maximum atomic E-state index is 10.3. The molecule has 2 N–H and O–H groups in total. The van der Waals surface area contributed by atoms with Crippen LogP contribution in [0, 0.1) is 13.8 Å². The van der Waals surface area contributed by atoms with Crippen LogP contribution in [0.15, 0.2) is 42.5 Å². The molecule has 0 amide bonds. The van der Waals surface area contributed by atoms with Crippen molar-refractivity contribution >= 4 is 27.6 Å². The van der Waals surface area contributed by atoms with Gasteiger partial charge in [-0.3, -0.25) is 0 Å². The van der Waals surface area contributed by atoms with Gasteiger partial charge >= 0.3 is 0 Å². The molecule has 0 aromatic heterocycles. The smallest absolute Gasteiger partial charge is 0.109 e. The van der Waals surface area contributed by atoms with E-state index in [0.29, 0.717) is 0 Å². The molecule has 3 aromatic rings. The van der Waals surface area contributed by atoms with Crippen molar-refractivity contribution < 1.29 is 10.2 Å². The van der Waals surface area contributed by atoms with E-state index in [2.05, 4.69) is 44.2 Å². The predicted octanol–water partition coefficient (Wildman–Crippen LogP) is 4.03. The summed E-state index contributed by atoms with van der Waals surface area (Å²) in [7, 11) is 0. The Morgan fingerprint density at radius 2 is 1.55 bits per heavy atom. The topological polar surface area (TPSA) is 40.5 Å². The molecule has 1 aliphatic rings. The van der Waals surface area contributed by atoms with Crippen molar-refractivity contribution in [1.29, 1.82) is 0 Å². The lowest BCUT2D eigenvalue weighted by Gasteiger charge is -2.24. The van der Waals surface area contributed by atoms with Gasteiger partial charge in [0.25, 0.3) is 0 Å². The van der Waals surface area contributed by atoms with Gasteiger partial charge in [-0.25, -0.2) is 0 Å². The Kier molecular flexibility index (Phi) is 2.86. The molecule has 2 atom stereocenters. The van der Waals surface area contributed by atoms with Gasteiger partial charge in [-0.1, -0.05) is 48.6 Å². The summed E-state index contributed by atoms with van der Waals surface area (Å²) < 4.78 is 0. The van der Waals surface area contributed by atoms with Crippen molar-refractivity contribution in [2.75, 3.05) is 0 Å². The second-order valence-corrected chi connectivity index (χ2v) is 6.08. The van der Waals surface area contributed by atoms with Crippen LogP contribution in [-0.4, -0.2) is 16.3 Å². The van der Waals surface area contributed by atoms with Gasteiger partial charge in [-0.15, -0.1) is 0 Å². The Bertz CT molecular complexity index is 937. The summed E-state index contributed by atoms with van der Waals surface area (Å²) in [5.74, 6) is 0. The zero-order valence-electron chi connectivity index (χ0n) is 12.7. The number of aliphatic hydroxyl groups excluding tert-OH is 2. The first-order valence-corrected chi connectivity index (χ1v) is 7.58. The van der Waals surface area contributed by atoms with Gasteiger partial charge in [0.1, 0.15) is 12.2 Å². The summed E-state index contributed by atoms with van der Waals surface area (Å²) in [5.41, 5.74) is 4.34. The lowest BCUT2D eigenvalue weighted by atomic mass is 9.84. The second kappa shape index (κ2) is 4.67. The fourth-order valence-electron chi connectivity index (χ4n) is 3.62. The standard InChI is InChI=1S/C20H18O2/c1-11-12(2)19-15(14-6-4-3-5-13(11)14)7-8-17-16(19)9-10-18(21)20(17)22/h3-10,18,20-22H,1-2H3/t18-,20-/m1/s1. The lowest BCUT2D eigenvalue weighted by Crippen LogP contribution is -2.19. The van der Waals surface area contributed by atoms with Gasteiger partial charge in [0.2, 0.25) is 0 Å². The predicted molar refractivity (Wildman–Crippen MR) is 90.9 cm³/mol. The van der Waals surface area contributed by atoms with E-state index in [0.717, 1.165) is 11.1 Å². The SMILES string of the molecule is Cc1c(C)c2c3c(ccc2c2ccccc12)[C@@H](O)[C@H](O)C=C3. The van der Waals surface area contributed by atoms with Crippen LogP contribution in [-0.2, 0) is 0 Å². The van der Waals surface area contributed by atoms with Crippen LogP contribution in [0.25, 0.3) is 27.6 Å². The molecule has 0 saturated heterocycles. The molecule has 22 heavy (non-hydrogen) atoms. The van der Waals surface area contributed by atoms with Crippen molar-refractivity contribution in [3.8, 4) is 0 Å². The van der Waals surface area contributed by atoms with Crippen molar-refractivity contribution in [2.45, 2.75) is 26.1 Å². The molecule has 0 unspecified atom stereocenters. The number of rotatable bonds is 0. The van der Waals surface area contributed by atoms with Gasteiger partial charge in [-0.05, 0) is 57.6 Å². The molecular formula is C20H18O2. The van der Waals surface area contributed by atoms with Crippen molar-refractivity contribution in [3.05, 3.63) is 64.7 Å². The average molecular weight is 290 g/mol. The highest BCUT2D eigenvalue weighted by atomic mass is 16.3. The third-order valence-electron chi connectivity index (χ3n) is 4.94. The molecule has 0 bridgehead atoms. The van der Waals surface area contributed by atoms with Crippen LogP contribution >= 0.6 is 0 Å². The molecule has 4 rings (SSSR count). The van der Waals surface area contributed by atoms with Gasteiger partial charge in [0.15, 0.2) is 0 Å². The Labute approximate surface area is 129 Å². The summed E-state index contributed by atoms with van der Waals surface area (Å²) in [6.07, 6.45) is 1.94. The molecular weight excluding hydrogens is 272 g/mol. The van der Waals surface area contributed by atoms with Crippen LogP contribution in [0.2, 0.25) is 0 Å². The summed E-state index contributed by atoms with van der Waals surface area (Å²) in [6.45, 7) is 4.28. The van der Waals surface area contributed by atoms with E-state index in [1.807, 2.05) is 12.1 Å².